The zero-order valence-electron chi connectivity index (χ0n) is 11.5. The van der Waals surface area contributed by atoms with Crippen molar-refractivity contribution >= 4 is 11.7 Å². The van der Waals surface area contributed by atoms with E-state index in [4.69, 9.17) is 15.7 Å². The maximum atomic E-state index is 8.87. The molecule has 0 amide bonds. The Balaban J connectivity index is 2.39. The molecular weight excluding hydrogens is 244 g/mol. The molecule has 0 spiro atoms. The predicted molar refractivity (Wildman–Crippen MR) is 73.7 cm³/mol. The molecule has 1 aromatic rings. The Morgan fingerprint density at radius 1 is 1.58 bits per heavy atom. The maximum Gasteiger partial charge on any atom is 0.173 e. The number of nitrogens with two attached hydrogens (primary N) is 1. The molecule has 1 aromatic heterocycles. The third-order valence-electron chi connectivity index (χ3n) is 3.57. The number of aryl methyl sites for hydroxylation is 1. The van der Waals surface area contributed by atoms with Gasteiger partial charge < -0.3 is 20.6 Å². The van der Waals surface area contributed by atoms with Crippen LogP contribution < -0.4 is 10.6 Å². The first-order valence-corrected chi connectivity index (χ1v) is 6.34. The molecule has 1 aliphatic heterocycles. The lowest BCUT2D eigenvalue weighted by atomic mass is 10.1. The first-order valence-electron chi connectivity index (χ1n) is 6.34. The van der Waals surface area contributed by atoms with Crippen LogP contribution in [0.1, 0.15) is 24.6 Å². The Hall–Kier alpha value is -1.82. The van der Waals surface area contributed by atoms with Crippen molar-refractivity contribution in [2.45, 2.75) is 32.4 Å². The van der Waals surface area contributed by atoms with Gasteiger partial charge >= 0.3 is 0 Å². The molecule has 3 N–H and O–H groups in total. The number of hydrogen-bond donors (Lipinski definition) is 2. The molecule has 6 heteroatoms. The average Bonchev–Trinajstić information content (AvgIpc) is 2.83. The lowest BCUT2D eigenvalue weighted by molar-refractivity contribution is 0.118. The van der Waals surface area contributed by atoms with Crippen LogP contribution >= 0.6 is 0 Å². The van der Waals surface area contributed by atoms with Crippen molar-refractivity contribution in [2.24, 2.45) is 10.9 Å². The normalized spacial score (nSPS) is 23.6. The summed E-state index contributed by atoms with van der Waals surface area (Å²) in [6.07, 6.45) is 1.09. The highest BCUT2D eigenvalue weighted by molar-refractivity contribution is 6.01. The number of aromatic nitrogens is 1. The molecule has 0 bridgehead atoms. The molecular formula is C13H20N4O2. The SMILES string of the molecule is Cc1ccc(/C(N)=N/O)c(N(C)C2CCOC2C)n1. The van der Waals surface area contributed by atoms with Crippen molar-refractivity contribution in [1.82, 2.24) is 4.98 Å². The molecule has 1 aliphatic rings. The van der Waals surface area contributed by atoms with Crippen molar-refractivity contribution in [1.29, 1.82) is 0 Å². The minimum Gasteiger partial charge on any atom is -0.409 e. The summed E-state index contributed by atoms with van der Waals surface area (Å²) >= 11 is 0. The number of likely N-dealkylation sites (N-methyl/N-ethyl adjacent to an activating group) is 1. The number of anilines is 1. The number of oxime groups is 1. The van der Waals surface area contributed by atoms with Crippen LogP contribution in [0.3, 0.4) is 0 Å². The topological polar surface area (TPSA) is 84.0 Å². The Labute approximate surface area is 112 Å². The third-order valence-corrected chi connectivity index (χ3v) is 3.57. The van der Waals surface area contributed by atoms with Gasteiger partial charge in [-0.05, 0) is 32.4 Å². The molecule has 2 rings (SSSR count). The molecule has 0 aliphatic carbocycles. The summed E-state index contributed by atoms with van der Waals surface area (Å²) in [6, 6.07) is 3.92. The van der Waals surface area contributed by atoms with Gasteiger partial charge in [0, 0.05) is 19.3 Å². The molecule has 0 radical (unpaired) electrons. The summed E-state index contributed by atoms with van der Waals surface area (Å²) in [5, 5.41) is 11.9. The Morgan fingerprint density at radius 2 is 2.32 bits per heavy atom. The van der Waals surface area contributed by atoms with E-state index in [-0.39, 0.29) is 18.0 Å². The van der Waals surface area contributed by atoms with Gasteiger partial charge in [-0.1, -0.05) is 5.16 Å². The van der Waals surface area contributed by atoms with E-state index in [2.05, 4.69) is 15.0 Å². The summed E-state index contributed by atoms with van der Waals surface area (Å²) < 4.78 is 5.58. The Morgan fingerprint density at radius 3 is 2.89 bits per heavy atom. The monoisotopic (exact) mass is 264 g/mol. The van der Waals surface area contributed by atoms with Crippen molar-refractivity contribution in [3.05, 3.63) is 23.4 Å². The number of nitrogens with zero attached hydrogens (tertiary/aromatic N) is 3. The summed E-state index contributed by atoms with van der Waals surface area (Å²) in [4.78, 5) is 6.57. The van der Waals surface area contributed by atoms with Crippen molar-refractivity contribution in [2.75, 3.05) is 18.6 Å². The number of rotatable bonds is 3. The first kappa shape index (κ1) is 13.6. The van der Waals surface area contributed by atoms with Crippen LogP contribution in [0.5, 0.6) is 0 Å². The van der Waals surface area contributed by atoms with E-state index in [9.17, 15) is 0 Å². The van der Waals surface area contributed by atoms with E-state index >= 15 is 0 Å². The zero-order valence-corrected chi connectivity index (χ0v) is 11.5. The molecule has 1 saturated heterocycles. The van der Waals surface area contributed by atoms with Gasteiger partial charge in [-0.3, -0.25) is 0 Å². The maximum absolute atomic E-state index is 8.87. The van der Waals surface area contributed by atoms with Crippen LogP contribution in [0.15, 0.2) is 17.3 Å². The smallest absolute Gasteiger partial charge is 0.173 e. The van der Waals surface area contributed by atoms with Crippen LogP contribution in [-0.2, 0) is 4.74 Å². The zero-order chi connectivity index (χ0) is 14.0. The molecule has 0 saturated carbocycles. The van der Waals surface area contributed by atoms with Gasteiger partial charge in [0.25, 0.3) is 0 Å². The van der Waals surface area contributed by atoms with Gasteiger partial charge in [-0.2, -0.15) is 0 Å². The van der Waals surface area contributed by atoms with Crippen LogP contribution in [-0.4, -0.2) is 41.8 Å². The number of amidine groups is 1. The van der Waals surface area contributed by atoms with E-state index in [0.717, 1.165) is 24.5 Å². The van der Waals surface area contributed by atoms with Crippen LogP contribution in [0, 0.1) is 6.92 Å². The molecule has 2 heterocycles. The minimum absolute atomic E-state index is 0.0703. The average molecular weight is 264 g/mol. The number of hydrogen-bond acceptors (Lipinski definition) is 5. The molecule has 2 atom stereocenters. The van der Waals surface area contributed by atoms with Crippen molar-refractivity contribution < 1.29 is 9.94 Å². The van der Waals surface area contributed by atoms with E-state index < -0.39 is 0 Å². The van der Waals surface area contributed by atoms with Gasteiger partial charge in [0.2, 0.25) is 0 Å². The second kappa shape index (κ2) is 5.44. The largest absolute Gasteiger partial charge is 0.409 e. The van der Waals surface area contributed by atoms with Gasteiger partial charge in [0.1, 0.15) is 5.82 Å². The molecule has 1 fully saturated rings. The minimum atomic E-state index is 0.0703. The fourth-order valence-corrected chi connectivity index (χ4v) is 2.45. The third kappa shape index (κ3) is 2.63. The first-order chi connectivity index (χ1) is 9.04. The molecule has 19 heavy (non-hydrogen) atoms. The fraction of sp³-hybridized carbons (Fsp3) is 0.538. The molecule has 2 unspecified atom stereocenters. The molecule has 6 nitrogen and oxygen atoms in total. The van der Waals surface area contributed by atoms with Crippen LogP contribution in [0.2, 0.25) is 0 Å². The second-order valence-corrected chi connectivity index (χ2v) is 4.85. The molecule has 0 aromatic carbocycles. The van der Waals surface area contributed by atoms with Crippen LogP contribution in [0.25, 0.3) is 0 Å². The highest BCUT2D eigenvalue weighted by Gasteiger charge is 2.30. The Bertz CT molecular complexity index is 490. The Kier molecular flexibility index (Phi) is 3.90. The van der Waals surface area contributed by atoms with E-state index in [0.29, 0.717) is 5.56 Å². The predicted octanol–water partition coefficient (Wildman–Crippen LogP) is 1.10. The van der Waals surface area contributed by atoms with Gasteiger partial charge in [-0.15, -0.1) is 0 Å². The standard InChI is InChI=1S/C13H20N4O2/c1-8-4-5-10(12(14)16-18)13(15-8)17(3)11-6-7-19-9(11)2/h4-5,9,11,18H,6-7H2,1-3H3,(H2,14,16). The lowest BCUT2D eigenvalue weighted by Crippen LogP contribution is -2.38. The quantitative estimate of drug-likeness (QED) is 0.369. The van der Waals surface area contributed by atoms with E-state index in [1.807, 2.05) is 33.0 Å². The van der Waals surface area contributed by atoms with E-state index in [1.165, 1.54) is 0 Å². The summed E-state index contributed by atoms with van der Waals surface area (Å²) in [7, 11) is 1.96. The van der Waals surface area contributed by atoms with Crippen LogP contribution in [0.4, 0.5) is 5.82 Å². The van der Waals surface area contributed by atoms with E-state index in [1.54, 1.807) is 0 Å². The number of ether oxygens (including phenoxy) is 1. The van der Waals surface area contributed by atoms with Gasteiger partial charge in [0.05, 0.1) is 17.7 Å². The van der Waals surface area contributed by atoms with Crippen molar-refractivity contribution in [3.8, 4) is 0 Å². The van der Waals surface area contributed by atoms with Gasteiger partial charge in [-0.25, -0.2) is 4.98 Å². The second-order valence-electron chi connectivity index (χ2n) is 4.85. The summed E-state index contributed by atoms with van der Waals surface area (Å²) in [6.45, 7) is 4.72. The fourth-order valence-electron chi connectivity index (χ4n) is 2.45. The summed E-state index contributed by atoms with van der Waals surface area (Å²) in [5.74, 6) is 0.790. The highest BCUT2D eigenvalue weighted by atomic mass is 16.5. The highest BCUT2D eigenvalue weighted by Crippen LogP contribution is 2.25. The summed E-state index contributed by atoms with van der Waals surface area (Å²) in [5.41, 5.74) is 7.24. The van der Waals surface area contributed by atoms with Gasteiger partial charge in [0.15, 0.2) is 5.84 Å². The van der Waals surface area contributed by atoms with Crippen molar-refractivity contribution in [3.63, 3.8) is 0 Å². The lowest BCUT2D eigenvalue weighted by Gasteiger charge is -2.29. The number of pyridine rings is 1. The molecule has 104 valence electrons.